The molecule has 3 rings (SSSR count). The third-order valence-corrected chi connectivity index (χ3v) is 5.90. The Labute approximate surface area is 125 Å². The zero-order valence-electron chi connectivity index (χ0n) is 11.8. The summed E-state index contributed by atoms with van der Waals surface area (Å²) < 4.78 is 0. The van der Waals surface area contributed by atoms with Gasteiger partial charge in [-0.15, -0.1) is 0 Å². The van der Waals surface area contributed by atoms with Gasteiger partial charge in [-0.05, 0) is 25.7 Å². The van der Waals surface area contributed by atoms with Crippen LogP contribution in [0.15, 0.2) is 0 Å². The maximum absolute atomic E-state index is 13.0. The quantitative estimate of drug-likeness (QED) is 0.627. The van der Waals surface area contributed by atoms with Gasteiger partial charge < -0.3 is 5.73 Å². The highest BCUT2D eigenvalue weighted by molar-refractivity contribution is 7.80. The van der Waals surface area contributed by atoms with Crippen molar-refractivity contribution in [2.75, 3.05) is 0 Å². The van der Waals surface area contributed by atoms with E-state index in [4.69, 9.17) is 18.0 Å². The van der Waals surface area contributed by atoms with Gasteiger partial charge in [0, 0.05) is 6.42 Å². The summed E-state index contributed by atoms with van der Waals surface area (Å²) in [6, 6.07) is 0. The first-order chi connectivity index (χ1) is 9.52. The molecule has 1 aliphatic heterocycles. The predicted octanol–water partition coefficient (Wildman–Crippen LogP) is 2.29. The lowest BCUT2D eigenvalue weighted by Gasteiger charge is -2.38. The van der Waals surface area contributed by atoms with Crippen LogP contribution in [0.1, 0.15) is 64.2 Å². The van der Waals surface area contributed by atoms with Gasteiger partial charge >= 0.3 is 0 Å². The molecule has 110 valence electrons. The summed E-state index contributed by atoms with van der Waals surface area (Å²) in [5, 5.41) is 0. The summed E-state index contributed by atoms with van der Waals surface area (Å²) in [4.78, 5) is 27.3. The van der Waals surface area contributed by atoms with Crippen molar-refractivity contribution in [1.82, 2.24) is 4.90 Å². The number of nitrogens with two attached hydrogens (primary N) is 1. The van der Waals surface area contributed by atoms with Crippen LogP contribution in [0.3, 0.4) is 0 Å². The number of carbonyl (C=O) groups is 2. The molecule has 1 spiro atoms. The first kappa shape index (κ1) is 14.0. The molecule has 5 heteroatoms. The van der Waals surface area contributed by atoms with E-state index >= 15 is 0 Å². The van der Waals surface area contributed by atoms with Crippen molar-refractivity contribution < 1.29 is 9.59 Å². The highest BCUT2D eigenvalue weighted by Crippen LogP contribution is 2.49. The van der Waals surface area contributed by atoms with Crippen molar-refractivity contribution in [3.05, 3.63) is 0 Å². The summed E-state index contributed by atoms with van der Waals surface area (Å²) in [5.74, 6) is -0.0384. The largest absolute Gasteiger partial charge is 0.391 e. The van der Waals surface area contributed by atoms with Gasteiger partial charge in [0.15, 0.2) is 0 Å². The number of nitrogens with zero attached hydrogens (tertiary/aromatic N) is 1. The molecule has 20 heavy (non-hydrogen) atoms. The average Bonchev–Trinajstić information content (AvgIpc) is 2.97. The number of imide groups is 1. The molecular formula is C15H22N2O2S. The Balaban J connectivity index is 1.95. The molecule has 2 aliphatic carbocycles. The van der Waals surface area contributed by atoms with Crippen LogP contribution in [0.4, 0.5) is 0 Å². The highest BCUT2D eigenvalue weighted by atomic mass is 32.1. The second-order valence-electron chi connectivity index (χ2n) is 6.66. The molecule has 0 atom stereocenters. The number of likely N-dealkylation sites (tertiary alicyclic amines) is 1. The lowest BCUT2D eigenvalue weighted by molar-refractivity contribution is -0.146. The fraction of sp³-hybridized carbons (Fsp3) is 0.800. The SMILES string of the molecule is NC(=S)C1(N2C(=O)CC3(CCCCC3)C2=O)CCCC1. The number of hydrogen-bond donors (Lipinski definition) is 1. The molecule has 2 N–H and O–H groups in total. The first-order valence-corrected chi connectivity index (χ1v) is 8.10. The fourth-order valence-electron chi connectivity index (χ4n) is 4.39. The summed E-state index contributed by atoms with van der Waals surface area (Å²) in [6.07, 6.45) is 8.80. The molecule has 0 aromatic rings. The van der Waals surface area contributed by atoms with Crippen LogP contribution in [-0.4, -0.2) is 27.2 Å². The van der Waals surface area contributed by atoms with Gasteiger partial charge in [0.25, 0.3) is 0 Å². The summed E-state index contributed by atoms with van der Waals surface area (Å²) in [6.45, 7) is 0. The third kappa shape index (κ3) is 1.82. The Morgan fingerprint density at radius 1 is 1.00 bits per heavy atom. The van der Waals surface area contributed by atoms with E-state index in [2.05, 4.69) is 0 Å². The summed E-state index contributed by atoms with van der Waals surface area (Å²) >= 11 is 5.23. The maximum atomic E-state index is 13.0. The molecule has 1 heterocycles. The van der Waals surface area contributed by atoms with Gasteiger partial charge in [0.05, 0.1) is 10.4 Å². The van der Waals surface area contributed by atoms with Crippen molar-refractivity contribution in [2.45, 2.75) is 69.7 Å². The van der Waals surface area contributed by atoms with Crippen LogP contribution in [0.5, 0.6) is 0 Å². The molecule has 2 saturated carbocycles. The molecule has 0 bridgehead atoms. The van der Waals surface area contributed by atoms with Gasteiger partial charge in [0.2, 0.25) is 11.8 Å². The summed E-state index contributed by atoms with van der Waals surface area (Å²) in [5.41, 5.74) is 4.84. The minimum atomic E-state index is -0.662. The van der Waals surface area contributed by atoms with Gasteiger partial charge in [-0.3, -0.25) is 14.5 Å². The van der Waals surface area contributed by atoms with E-state index in [1.807, 2.05) is 0 Å². The number of hydrogen-bond acceptors (Lipinski definition) is 3. The van der Waals surface area contributed by atoms with E-state index < -0.39 is 11.0 Å². The van der Waals surface area contributed by atoms with Crippen LogP contribution in [0.2, 0.25) is 0 Å². The van der Waals surface area contributed by atoms with Crippen molar-refractivity contribution in [3.63, 3.8) is 0 Å². The molecule has 0 aromatic carbocycles. The highest BCUT2D eigenvalue weighted by Gasteiger charge is 2.59. The van der Waals surface area contributed by atoms with E-state index in [1.165, 1.54) is 11.3 Å². The topological polar surface area (TPSA) is 63.4 Å². The van der Waals surface area contributed by atoms with Gasteiger partial charge in [-0.1, -0.05) is 44.3 Å². The van der Waals surface area contributed by atoms with Crippen LogP contribution in [-0.2, 0) is 9.59 Å². The normalized spacial score (nSPS) is 28.3. The molecule has 2 amide bonds. The number of carbonyl (C=O) groups excluding carboxylic acids is 2. The zero-order chi connectivity index (χ0) is 14.4. The van der Waals surface area contributed by atoms with Crippen molar-refractivity contribution in [3.8, 4) is 0 Å². The smallest absolute Gasteiger partial charge is 0.236 e. The average molecular weight is 294 g/mol. The Morgan fingerprint density at radius 2 is 1.55 bits per heavy atom. The molecule has 3 aliphatic rings. The van der Waals surface area contributed by atoms with Crippen LogP contribution >= 0.6 is 12.2 Å². The Bertz CT molecular complexity index is 462. The number of rotatable bonds is 2. The molecule has 4 nitrogen and oxygen atoms in total. The third-order valence-electron chi connectivity index (χ3n) is 5.52. The van der Waals surface area contributed by atoms with Gasteiger partial charge in [-0.2, -0.15) is 0 Å². The molecule has 3 fully saturated rings. The molecule has 0 radical (unpaired) electrons. The number of amides is 2. The minimum Gasteiger partial charge on any atom is -0.391 e. The maximum Gasteiger partial charge on any atom is 0.236 e. The molecule has 0 aromatic heterocycles. The van der Waals surface area contributed by atoms with E-state index in [-0.39, 0.29) is 11.8 Å². The Kier molecular flexibility index (Phi) is 3.35. The van der Waals surface area contributed by atoms with Crippen LogP contribution < -0.4 is 5.73 Å². The minimum absolute atomic E-state index is 0.0110. The molecular weight excluding hydrogens is 272 g/mol. The zero-order valence-corrected chi connectivity index (χ0v) is 12.6. The predicted molar refractivity (Wildman–Crippen MR) is 80.0 cm³/mol. The Hall–Kier alpha value is -0.970. The fourth-order valence-corrected chi connectivity index (χ4v) is 4.68. The second kappa shape index (κ2) is 4.79. The van der Waals surface area contributed by atoms with Gasteiger partial charge in [0.1, 0.15) is 5.54 Å². The van der Waals surface area contributed by atoms with E-state index in [1.54, 1.807) is 0 Å². The molecule has 1 saturated heterocycles. The van der Waals surface area contributed by atoms with E-state index in [0.717, 1.165) is 51.4 Å². The van der Waals surface area contributed by atoms with Gasteiger partial charge in [-0.25, -0.2) is 0 Å². The van der Waals surface area contributed by atoms with E-state index in [0.29, 0.717) is 11.4 Å². The van der Waals surface area contributed by atoms with Crippen LogP contribution in [0.25, 0.3) is 0 Å². The van der Waals surface area contributed by atoms with Crippen molar-refractivity contribution in [2.24, 2.45) is 11.1 Å². The summed E-state index contributed by atoms with van der Waals surface area (Å²) in [7, 11) is 0. The monoisotopic (exact) mass is 294 g/mol. The second-order valence-corrected chi connectivity index (χ2v) is 7.09. The standard InChI is InChI=1S/C15H22N2O2S/c16-12(20)15(8-4-5-9-15)17-11(18)10-14(13(17)19)6-2-1-3-7-14/h1-10H2,(H2,16,20). The lowest BCUT2D eigenvalue weighted by atomic mass is 9.73. The van der Waals surface area contributed by atoms with E-state index in [9.17, 15) is 9.59 Å². The van der Waals surface area contributed by atoms with Crippen molar-refractivity contribution >= 4 is 29.0 Å². The molecule has 0 unspecified atom stereocenters. The lowest BCUT2D eigenvalue weighted by Crippen LogP contribution is -2.58. The number of thiocarbonyl (C=S) groups is 1. The first-order valence-electron chi connectivity index (χ1n) is 7.69. The Morgan fingerprint density at radius 3 is 2.10 bits per heavy atom. The van der Waals surface area contributed by atoms with Crippen molar-refractivity contribution in [1.29, 1.82) is 0 Å². The van der Waals surface area contributed by atoms with Crippen LogP contribution in [0, 0.1) is 5.41 Å².